The van der Waals surface area contributed by atoms with Crippen LogP contribution in [-0.2, 0) is 16.4 Å². The van der Waals surface area contributed by atoms with Gasteiger partial charge in [-0.05, 0) is 43.6 Å². The predicted molar refractivity (Wildman–Crippen MR) is 90.8 cm³/mol. The lowest BCUT2D eigenvalue weighted by atomic mass is 9.94. The lowest BCUT2D eigenvalue weighted by Gasteiger charge is -2.22. The van der Waals surface area contributed by atoms with Gasteiger partial charge in [0, 0.05) is 18.2 Å². The number of hydrogen-bond donors (Lipinski definition) is 1. The van der Waals surface area contributed by atoms with E-state index in [9.17, 15) is 8.42 Å². The highest BCUT2D eigenvalue weighted by molar-refractivity contribution is 7.90. The van der Waals surface area contributed by atoms with E-state index in [0.29, 0.717) is 23.3 Å². The number of hydrogen-bond acceptors (Lipinski definition) is 6. The lowest BCUT2D eigenvalue weighted by Crippen LogP contribution is -2.27. The topological polar surface area (TPSA) is 81.2 Å². The van der Waals surface area contributed by atoms with Gasteiger partial charge in [0.25, 0.3) is 0 Å². The SMILES string of the molecule is CS(=O)(=O)c1ccc(COc2cc(C3CCNCC3)ncn2)cc1. The number of nitrogens with zero attached hydrogens (tertiary/aromatic N) is 2. The lowest BCUT2D eigenvalue weighted by molar-refractivity contribution is 0.292. The molecule has 0 aliphatic carbocycles. The Morgan fingerprint density at radius 2 is 1.88 bits per heavy atom. The van der Waals surface area contributed by atoms with Crippen LogP contribution in [0.15, 0.2) is 41.6 Å². The Bertz CT molecular complexity index is 785. The van der Waals surface area contributed by atoms with Crippen molar-refractivity contribution in [3.05, 3.63) is 47.9 Å². The second-order valence-corrected chi connectivity index (χ2v) is 8.03. The van der Waals surface area contributed by atoms with Gasteiger partial charge in [0.05, 0.1) is 10.6 Å². The number of sulfone groups is 1. The summed E-state index contributed by atoms with van der Waals surface area (Å²) in [6, 6.07) is 8.60. The number of rotatable bonds is 5. The van der Waals surface area contributed by atoms with Crippen LogP contribution in [0.3, 0.4) is 0 Å². The van der Waals surface area contributed by atoms with E-state index in [1.54, 1.807) is 30.6 Å². The highest BCUT2D eigenvalue weighted by atomic mass is 32.2. The van der Waals surface area contributed by atoms with E-state index in [-0.39, 0.29) is 0 Å². The summed E-state index contributed by atoms with van der Waals surface area (Å²) < 4.78 is 28.7. The van der Waals surface area contributed by atoms with Gasteiger partial charge in [0.2, 0.25) is 5.88 Å². The number of benzene rings is 1. The zero-order valence-electron chi connectivity index (χ0n) is 13.6. The maximum absolute atomic E-state index is 11.5. The third-order valence-electron chi connectivity index (χ3n) is 4.16. The highest BCUT2D eigenvalue weighted by Gasteiger charge is 2.17. The van der Waals surface area contributed by atoms with Gasteiger partial charge in [-0.2, -0.15) is 0 Å². The molecule has 0 spiro atoms. The molecule has 6 nitrogen and oxygen atoms in total. The number of ether oxygens (including phenoxy) is 1. The number of piperidine rings is 1. The summed E-state index contributed by atoms with van der Waals surface area (Å²) in [5.41, 5.74) is 1.92. The van der Waals surface area contributed by atoms with Crippen molar-refractivity contribution < 1.29 is 13.2 Å². The molecule has 128 valence electrons. The third kappa shape index (κ3) is 4.30. The smallest absolute Gasteiger partial charge is 0.216 e. The largest absolute Gasteiger partial charge is 0.473 e. The molecular formula is C17H21N3O3S. The molecule has 7 heteroatoms. The Morgan fingerprint density at radius 3 is 2.54 bits per heavy atom. The van der Waals surface area contributed by atoms with Crippen LogP contribution in [0.1, 0.15) is 30.0 Å². The van der Waals surface area contributed by atoms with Crippen LogP contribution in [0.25, 0.3) is 0 Å². The molecule has 0 bridgehead atoms. The minimum Gasteiger partial charge on any atom is -0.473 e. The van der Waals surface area contributed by atoms with E-state index in [1.165, 1.54) is 6.26 Å². The second-order valence-electron chi connectivity index (χ2n) is 6.01. The first-order chi connectivity index (χ1) is 11.5. The third-order valence-corrected chi connectivity index (χ3v) is 5.29. The Balaban J connectivity index is 1.64. The summed E-state index contributed by atoms with van der Waals surface area (Å²) in [5, 5.41) is 3.34. The average molecular weight is 347 g/mol. The summed E-state index contributed by atoms with van der Waals surface area (Å²) in [5.74, 6) is 0.997. The first kappa shape index (κ1) is 16.9. The molecule has 0 amide bonds. The first-order valence-electron chi connectivity index (χ1n) is 7.97. The highest BCUT2D eigenvalue weighted by Crippen LogP contribution is 2.25. The van der Waals surface area contributed by atoms with Gasteiger partial charge in [-0.1, -0.05) is 12.1 Å². The van der Waals surface area contributed by atoms with Crippen LogP contribution >= 0.6 is 0 Å². The van der Waals surface area contributed by atoms with E-state index >= 15 is 0 Å². The van der Waals surface area contributed by atoms with Gasteiger partial charge in [0.1, 0.15) is 12.9 Å². The monoisotopic (exact) mass is 347 g/mol. The normalized spacial score (nSPS) is 16.0. The number of nitrogens with one attached hydrogen (secondary N) is 1. The molecule has 1 N–H and O–H groups in total. The van der Waals surface area contributed by atoms with E-state index in [1.807, 2.05) is 6.07 Å². The van der Waals surface area contributed by atoms with Gasteiger partial charge in [-0.15, -0.1) is 0 Å². The van der Waals surface area contributed by atoms with Crippen LogP contribution in [0.4, 0.5) is 0 Å². The molecule has 1 aromatic heterocycles. The van der Waals surface area contributed by atoms with Crippen molar-refractivity contribution in [2.75, 3.05) is 19.3 Å². The Labute approximate surface area is 142 Å². The van der Waals surface area contributed by atoms with Crippen LogP contribution in [0.5, 0.6) is 5.88 Å². The molecule has 1 aliphatic heterocycles. The van der Waals surface area contributed by atoms with E-state index in [2.05, 4.69) is 15.3 Å². The average Bonchev–Trinajstić information content (AvgIpc) is 2.61. The summed E-state index contributed by atoms with van der Waals surface area (Å²) in [4.78, 5) is 8.84. The second kappa shape index (κ2) is 7.27. The predicted octanol–water partition coefficient (Wildman–Crippen LogP) is 1.93. The van der Waals surface area contributed by atoms with Gasteiger partial charge >= 0.3 is 0 Å². The molecule has 2 heterocycles. The van der Waals surface area contributed by atoms with Crippen molar-refractivity contribution in [3.63, 3.8) is 0 Å². The van der Waals surface area contributed by atoms with Gasteiger partial charge in [-0.25, -0.2) is 18.4 Å². The zero-order valence-corrected chi connectivity index (χ0v) is 14.4. The van der Waals surface area contributed by atoms with Crippen molar-refractivity contribution in [2.45, 2.75) is 30.3 Å². The van der Waals surface area contributed by atoms with Crippen LogP contribution < -0.4 is 10.1 Å². The molecule has 1 saturated heterocycles. The summed E-state index contributed by atoms with van der Waals surface area (Å²) in [7, 11) is -3.17. The van der Waals surface area contributed by atoms with Crippen LogP contribution in [-0.4, -0.2) is 37.7 Å². The Hall–Kier alpha value is -1.99. The molecule has 1 aromatic carbocycles. The molecule has 2 aromatic rings. The van der Waals surface area contributed by atoms with E-state index < -0.39 is 9.84 Å². The van der Waals surface area contributed by atoms with Crippen LogP contribution in [0.2, 0.25) is 0 Å². The minimum atomic E-state index is -3.17. The summed E-state index contributed by atoms with van der Waals surface area (Å²) >= 11 is 0. The van der Waals surface area contributed by atoms with E-state index in [0.717, 1.165) is 37.2 Å². The first-order valence-corrected chi connectivity index (χ1v) is 9.86. The maximum Gasteiger partial charge on any atom is 0.216 e. The van der Waals surface area contributed by atoms with Gasteiger partial charge in [-0.3, -0.25) is 0 Å². The Morgan fingerprint density at radius 1 is 1.17 bits per heavy atom. The number of aromatic nitrogens is 2. The molecule has 1 aliphatic rings. The summed E-state index contributed by atoms with van der Waals surface area (Å²) in [6.07, 6.45) is 4.88. The maximum atomic E-state index is 11.5. The molecule has 3 rings (SSSR count). The van der Waals surface area contributed by atoms with Crippen molar-refractivity contribution in [2.24, 2.45) is 0 Å². The molecule has 0 radical (unpaired) electrons. The van der Waals surface area contributed by atoms with Crippen molar-refractivity contribution in [1.29, 1.82) is 0 Å². The summed E-state index contributed by atoms with van der Waals surface area (Å²) in [6.45, 7) is 2.36. The van der Waals surface area contributed by atoms with Crippen LogP contribution in [0, 0.1) is 0 Å². The van der Waals surface area contributed by atoms with E-state index in [4.69, 9.17) is 4.74 Å². The molecule has 0 atom stereocenters. The van der Waals surface area contributed by atoms with Crippen molar-refractivity contribution in [3.8, 4) is 5.88 Å². The Kier molecular flexibility index (Phi) is 5.11. The molecule has 0 unspecified atom stereocenters. The fourth-order valence-corrected chi connectivity index (χ4v) is 3.39. The van der Waals surface area contributed by atoms with Gasteiger partial charge < -0.3 is 10.1 Å². The minimum absolute atomic E-state index is 0.307. The standard InChI is InChI=1S/C17H21N3O3S/c1-24(21,22)15-4-2-13(3-5-15)11-23-17-10-16(19-12-20-17)14-6-8-18-9-7-14/h2-5,10,12,14,18H,6-9,11H2,1H3. The molecular weight excluding hydrogens is 326 g/mol. The van der Waals surface area contributed by atoms with Gasteiger partial charge in [0.15, 0.2) is 9.84 Å². The van der Waals surface area contributed by atoms with Crippen molar-refractivity contribution in [1.82, 2.24) is 15.3 Å². The zero-order chi connectivity index (χ0) is 17.0. The molecule has 1 fully saturated rings. The molecule has 24 heavy (non-hydrogen) atoms. The molecule has 0 saturated carbocycles. The van der Waals surface area contributed by atoms with Crippen molar-refractivity contribution >= 4 is 9.84 Å². The quantitative estimate of drug-likeness (QED) is 0.890. The fraction of sp³-hybridized carbons (Fsp3) is 0.412. The fourth-order valence-electron chi connectivity index (χ4n) is 2.76.